The van der Waals surface area contributed by atoms with Crippen LogP contribution in [0.4, 0.5) is 14.9 Å². The molecule has 1 aromatic carbocycles. The molecule has 0 unspecified atom stereocenters. The number of aliphatic carboxylic acids is 1. The lowest BCUT2D eigenvalue weighted by molar-refractivity contribution is -0.153. The van der Waals surface area contributed by atoms with E-state index in [0.29, 0.717) is 17.3 Å². The molecule has 0 saturated heterocycles. The number of carboxylic acids is 1. The average Bonchev–Trinajstić information content (AvgIpc) is 2.31. The van der Waals surface area contributed by atoms with Crippen molar-refractivity contribution in [1.82, 2.24) is 5.32 Å². The Kier molecular flexibility index (Phi) is 4.27. The summed E-state index contributed by atoms with van der Waals surface area (Å²) in [7, 11) is 0. The first kappa shape index (κ1) is 14.8. The van der Waals surface area contributed by atoms with Crippen LogP contribution in [0.15, 0.2) is 22.7 Å². The SMILES string of the molecule is O=C(NCC1(C(=O)O)CCC1)Nc1ccc(Br)cc1F. The number of carboxylic acid groups (broad SMARTS) is 1. The van der Waals surface area contributed by atoms with Gasteiger partial charge in [-0.1, -0.05) is 22.4 Å². The number of amides is 2. The summed E-state index contributed by atoms with van der Waals surface area (Å²) < 4.78 is 14.1. The van der Waals surface area contributed by atoms with Crippen LogP contribution in [-0.4, -0.2) is 23.7 Å². The molecular weight excluding hydrogens is 331 g/mol. The van der Waals surface area contributed by atoms with E-state index in [1.165, 1.54) is 12.1 Å². The normalized spacial score (nSPS) is 16.1. The van der Waals surface area contributed by atoms with Crippen LogP contribution < -0.4 is 10.6 Å². The van der Waals surface area contributed by atoms with Crippen LogP contribution in [-0.2, 0) is 4.79 Å². The van der Waals surface area contributed by atoms with Gasteiger partial charge in [-0.15, -0.1) is 0 Å². The Labute approximate surface area is 123 Å². The van der Waals surface area contributed by atoms with Gasteiger partial charge in [-0.25, -0.2) is 9.18 Å². The van der Waals surface area contributed by atoms with E-state index in [2.05, 4.69) is 26.6 Å². The maximum atomic E-state index is 13.5. The largest absolute Gasteiger partial charge is 0.481 e. The Morgan fingerprint density at radius 1 is 1.40 bits per heavy atom. The standard InChI is InChI=1S/C13H14BrFN2O3/c14-8-2-3-10(9(15)6-8)17-12(20)16-7-13(11(18)19)4-1-5-13/h2-3,6H,1,4-5,7H2,(H,18,19)(H2,16,17,20). The van der Waals surface area contributed by atoms with Crippen LogP contribution in [0.3, 0.4) is 0 Å². The number of hydrogen-bond acceptors (Lipinski definition) is 2. The number of urea groups is 1. The van der Waals surface area contributed by atoms with Crippen LogP contribution in [0.25, 0.3) is 0 Å². The minimum Gasteiger partial charge on any atom is -0.481 e. The van der Waals surface area contributed by atoms with Crippen molar-refractivity contribution in [2.45, 2.75) is 19.3 Å². The highest BCUT2D eigenvalue weighted by molar-refractivity contribution is 9.10. The summed E-state index contributed by atoms with van der Waals surface area (Å²) in [5, 5.41) is 14.0. The minimum atomic E-state index is -0.904. The van der Waals surface area contributed by atoms with Crippen molar-refractivity contribution >= 4 is 33.6 Å². The maximum absolute atomic E-state index is 13.5. The van der Waals surface area contributed by atoms with E-state index in [-0.39, 0.29) is 12.2 Å². The summed E-state index contributed by atoms with van der Waals surface area (Å²) in [6.45, 7) is 0.0479. The highest BCUT2D eigenvalue weighted by Gasteiger charge is 2.44. The fourth-order valence-electron chi connectivity index (χ4n) is 2.08. The third kappa shape index (κ3) is 3.09. The number of nitrogens with one attached hydrogen (secondary N) is 2. The van der Waals surface area contributed by atoms with E-state index in [0.717, 1.165) is 6.42 Å². The molecule has 1 aliphatic carbocycles. The second-order valence-corrected chi connectivity index (χ2v) is 5.79. The molecule has 5 nitrogen and oxygen atoms in total. The lowest BCUT2D eigenvalue weighted by Crippen LogP contribution is -2.48. The van der Waals surface area contributed by atoms with Crippen LogP contribution in [0, 0.1) is 11.2 Å². The van der Waals surface area contributed by atoms with Gasteiger partial charge in [0.05, 0.1) is 11.1 Å². The Morgan fingerprint density at radius 3 is 2.60 bits per heavy atom. The summed E-state index contributed by atoms with van der Waals surface area (Å²) in [5.74, 6) is -1.47. The highest BCUT2D eigenvalue weighted by atomic mass is 79.9. The predicted molar refractivity (Wildman–Crippen MR) is 75.0 cm³/mol. The molecule has 0 radical (unpaired) electrons. The van der Waals surface area contributed by atoms with Crippen molar-refractivity contribution in [3.05, 3.63) is 28.5 Å². The van der Waals surface area contributed by atoms with E-state index >= 15 is 0 Å². The van der Waals surface area contributed by atoms with E-state index < -0.39 is 23.2 Å². The molecule has 1 fully saturated rings. The van der Waals surface area contributed by atoms with Crippen LogP contribution in [0.1, 0.15) is 19.3 Å². The Balaban J connectivity index is 1.91. The molecule has 1 aliphatic rings. The number of benzene rings is 1. The van der Waals surface area contributed by atoms with Gasteiger partial charge in [0.15, 0.2) is 0 Å². The Hall–Kier alpha value is -1.63. The van der Waals surface area contributed by atoms with Crippen molar-refractivity contribution in [2.75, 3.05) is 11.9 Å². The van der Waals surface area contributed by atoms with Gasteiger partial charge in [0.2, 0.25) is 0 Å². The number of carbonyl (C=O) groups excluding carboxylic acids is 1. The molecule has 2 amide bonds. The van der Waals surface area contributed by atoms with Gasteiger partial charge in [-0.05, 0) is 31.0 Å². The summed E-state index contributed by atoms with van der Waals surface area (Å²) >= 11 is 3.12. The van der Waals surface area contributed by atoms with Gasteiger partial charge >= 0.3 is 12.0 Å². The molecule has 2 rings (SSSR count). The molecule has 0 spiro atoms. The number of anilines is 1. The second-order valence-electron chi connectivity index (χ2n) is 4.87. The van der Waals surface area contributed by atoms with Crippen molar-refractivity contribution in [1.29, 1.82) is 0 Å². The van der Waals surface area contributed by atoms with Crippen LogP contribution in [0.2, 0.25) is 0 Å². The van der Waals surface area contributed by atoms with Gasteiger partial charge < -0.3 is 15.7 Å². The Bertz CT molecular complexity index is 546. The molecule has 20 heavy (non-hydrogen) atoms. The molecular formula is C13H14BrFN2O3. The first-order chi connectivity index (χ1) is 9.43. The molecule has 1 aromatic rings. The molecule has 0 atom stereocenters. The molecule has 3 N–H and O–H groups in total. The summed E-state index contributed by atoms with van der Waals surface area (Å²) in [6, 6.07) is 3.65. The smallest absolute Gasteiger partial charge is 0.319 e. The summed E-state index contributed by atoms with van der Waals surface area (Å²) in [6.07, 6.45) is 1.95. The quantitative estimate of drug-likeness (QED) is 0.785. The van der Waals surface area contributed by atoms with Gasteiger partial charge in [0, 0.05) is 11.0 Å². The number of halogens is 2. The van der Waals surface area contributed by atoms with E-state index in [9.17, 15) is 14.0 Å². The highest BCUT2D eigenvalue weighted by Crippen LogP contribution is 2.40. The average molecular weight is 345 g/mol. The number of hydrogen-bond donors (Lipinski definition) is 3. The zero-order valence-corrected chi connectivity index (χ0v) is 12.2. The van der Waals surface area contributed by atoms with E-state index in [1.807, 2.05) is 0 Å². The molecule has 1 saturated carbocycles. The van der Waals surface area contributed by atoms with Gasteiger partial charge in [-0.2, -0.15) is 0 Å². The third-order valence-corrected chi connectivity index (χ3v) is 4.02. The summed E-state index contributed by atoms with van der Waals surface area (Å²) in [4.78, 5) is 22.8. The fraction of sp³-hybridized carbons (Fsp3) is 0.385. The van der Waals surface area contributed by atoms with Crippen molar-refractivity contribution in [3.8, 4) is 0 Å². The molecule has 108 valence electrons. The maximum Gasteiger partial charge on any atom is 0.319 e. The lowest BCUT2D eigenvalue weighted by atomic mass is 9.69. The molecule has 0 aliphatic heterocycles. The van der Waals surface area contributed by atoms with Crippen molar-refractivity contribution in [3.63, 3.8) is 0 Å². The van der Waals surface area contributed by atoms with Gasteiger partial charge in [-0.3, -0.25) is 4.79 Å². The number of carbonyl (C=O) groups is 2. The first-order valence-corrected chi connectivity index (χ1v) is 6.96. The summed E-state index contributed by atoms with van der Waals surface area (Å²) in [5.41, 5.74) is -0.820. The van der Waals surface area contributed by atoms with Crippen LogP contribution >= 0.6 is 15.9 Å². The molecule has 7 heteroatoms. The van der Waals surface area contributed by atoms with Crippen LogP contribution in [0.5, 0.6) is 0 Å². The topological polar surface area (TPSA) is 78.4 Å². The van der Waals surface area contributed by atoms with E-state index in [4.69, 9.17) is 5.11 Å². The second kappa shape index (κ2) is 5.78. The molecule has 0 aromatic heterocycles. The fourth-order valence-corrected chi connectivity index (χ4v) is 2.41. The van der Waals surface area contributed by atoms with E-state index in [1.54, 1.807) is 6.07 Å². The molecule has 0 bridgehead atoms. The van der Waals surface area contributed by atoms with Gasteiger partial charge in [0.25, 0.3) is 0 Å². The number of rotatable bonds is 4. The molecule has 0 heterocycles. The zero-order chi connectivity index (χ0) is 14.8. The van der Waals surface area contributed by atoms with Crippen molar-refractivity contribution in [2.24, 2.45) is 5.41 Å². The Morgan fingerprint density at radius 2 is 2.10 bits per heavy atom. The van der Waals surface area contributed by atoms with Crippen molar-refractivity contribution < 1.29 is 19.1 Å². The minimum absolute atomic E-state index is 0.0451. The monoisotopic (exact) mass is 344 g/mol. The first-order valence-electron chi connectivity index (χ1n) is 6.16. The van der Waals surface area contributed by atoms with Gasteiger partial charge in [0.1, 0.15) is 5.82 Å². The lowest BCUT2D eigenvalue weighted by Gasteiger charge is -2.37. The third-order valence-electron chi connectivity index (χ3n) is 3.53. The zero-order valence-electron chi connectivity index (χ0n) is 10.6. The predicted octanol–water partition coefficient (Wildman–Crippen LogP) is 2.96.